The molecule has 156 valence electrons. The molecular weight excluding hydrogens is 406 g/mol. The van der Waals surface area contributed by atoms with E-state index in [0.717, 1.165) is 11.3 Å². The molecule has 1 aromatic heterocycles. The van der Waals surface area contributed by atoms with Crippen LogP contribution in [0.25, 0.3) is 0 Å². The second kappa shape index (κ2) is 9.36. The van der Waals surface area contributed by atoms with Gasteiger partial charge in [0.15, 0.2) is 0 Å². The molecular formula is C23H22F2N2O2S. The number of amides is 1. The van der Waals surface area contributed by atoms with E-state index in [0.29, 0.717) is 26.2 Å². The number of benzene rings is 2. The molecule has 2 aromatic carbocycles. The van der Waals surface area contributed by atoms with Crippen LogP contribution in [-0.2, 0) is 0 Å². The Morgan fingerprint density at radius 2 is 1.43 bits per heavy atom. The normalized spacial score (nSPS) is 15.0. The van der Waals surface area contributed by atoms with Gasteiger partial charge in [-0.05, 0) is 22.6 Å². The highest BCUT2D eigenvalue weighted by Gasteiger charge is 2.30. The quantitative estimate of drug-likeness (QED) is 0.560. The van der Waals surface area contributed by atoms with Crippen LogP contribution in [0.3, 0.4) is 0 Å². The maximum atomic E-state index is 12.9. The van der Waals surface area contributed by atoms with E-state index in [-0.39, 0.29) is 22.6 Å². The molecule has 0 bridgehead atoms. The van der Waals surface area contributed by atoms with E-state index < -0.39 is 6.61 Å². The maximum absolute atomic E-state index is 12.9. The average molecular weight is 429 g/mol. The smallest absolute Gasteiger partial charge is 0.387 e. The van der Waals surface area contributed by atoms with Crippen molar-refractivity contribution in [1.29, 1.82) is 0 Å². The van der Waals surface area contributed by atoms with E-state index in [9.17, 15) is 13.6 Å². The van der Waals surface area contributed by atoms with E-state index in [2.05, 4.69) is 33.9 Å². The minimum atomic E-state index is -2.94. The average Bonchev–Trinajstić information content (AvgIpc) is 3.23. The Morgan fingerprint density at radius 1 is 0.867 bits per heavy atom. The maximum Gasteiger partial charge on any atom is 0.387 e. The number of hydrogen-bond donors (Lipinski definition) is 0. The van der Waals surface area contributed by atoms with Crippen molar-refractivity contribution in [3.05, 3.63) is 88.1 Å². The summed E-state index contributed by atoms with van der Waals surface area (Å²) in [6, 6.07) is 22.1. The van der Waals surface area contributed by atoms with Crippen LogP contribution in [0.1, 0.15) is 26.8 Å². The van der Waals surface area contributed by atoms with Crippen molar-refractivity contribution in [3.63, 3.8) is 0 Å². The molecule has 0 unspecified atom stereocenters. The molecule has 1 fully saturated rings. The van der Waals surface area contributed by atoms with Crippen molar-refractivity contribution < 1.29 is 18.3 Å². The van der Waals surface area contributed by atoms with Gasteiger partial charge in [0.05, 0.1) is 6.04 Å². The van der Waals surface area contributed by atoms with Crippen LogP contribution in [-0.4, -0.2) is 48.5 Å². The van der Waals surface area contributed by atoms with E-state index in [1.807, 2.05) is 36.4 Å². The third kappa shape index (κ3) is 4.52. The van der Waals surface area contributed by atoms with Gasteiger partial charge in [-0.3, -0.25) is 9.69 Å². The summed E-state index contributed by atoms with van der Waals surface area (Å²) in [5, 5.41) is 1.60. The first-order valence-electron chi connectivity index (χ1n) is 9.79. The first kappa shape index (κ1) is 20.5. The Labute approximate surface area is 178 Å². The topological polar surface area (TPSA) is 32.8 Å². The summed E-state index contributed by atoms with van der Waals surface area (Å²) in [5.74, 6) is -0.301. The molecule has 7 heteroatoms. The van der Waals surface area contributed by atoms with E-state index in [4.69, 9.17) is 0 Å². The van der Waals surface area contributed by atoms with Gasteiger partial charge in [0, 0.05) is 26.2 Å². The van der Waals surface area contributed by atoms with E-state index >= 15 is 0 Å². The predicted molar refractivity (Wildman–Crippen MR) is 113 cm³/mol. The van der Waals surface area contributed by atoms with Crippen molar-refractivity contribution in [2.24, 2.45) is 0 Å². The summed E-state index contributed by atoms with van der Waals surface area (Å²) < 4.78 is 29.7. The van der Waals surface area contributed by atoms with Crippen LogP contribution < -0.4 is 4.74 Å². The number of piperazine rings is 1. The third-order valence-corrected chi connectivity index (χ3v) is 6.12. The molecule has 0 N–H and O–H groups in total. The number of thiophene rings is 1. The predicted octanol–water partition coefficient (Wildman–Crippen LogP) is 4.90. The summed E-state index contributed by atoms with van der Waals surface area (Å²) in [6.07, 6.45) is 0. The van der Waals surface area contributed by atoms with E-state index in [1.165, 1.54) is 17.2 Å². The summed E-state index contributed by atoms with van der Waals surface area (Å²) in [5.41, 5.74) is 2.41. The summed E-state index contributed by atoms with van der Waals surface area (Å²) in [6.45, 7) is -0.504. The zero-order chi connectivity index (χ0) is 20.9. The highest BCUT2D eigenvalue weighted by molar-refractivity contribution is 7.12. The zero-order valence-corrected chi connectivity index (χ0v) is 17.1. The lowest BCUT2D eigenvalue weighted by Crippen LogP contribution is -2.49. The van der Waals surface area contributed by atoms with Crippen molar-refractivity contribution in [1.82, 2.24) is 9.80 Å². The van der Waals surface area contributed by atoms with Crippen LogP contribution >= 0.6 is 11.3 Å². The molecule has 1 aliphatic heterocycles. The molecule has 3 aromatic rings. The first-order chi connectivity index (χ1) is 14.6. The highest BCUT2D eigenvalue weighted by Crippen LogP contribution is 2.31. The molecule has 0 radical (unpaired) electrons. The first-order valence-corrected chi connectivity index (χ1v) is 10.7. The Morgan fingerprint density at radius 3 is 1.97 bits per heavy atom. The Hall–Kier alpha value is -2.77. The molecule has 30 heavy (non-hydrogen) atoms. The molecule has 4 rings (SSSR count). The Bertz CT molecular complexity index is 918. The van der Waals surface area contributed by atoms with Gasteiger partial charge in [0.2, 0.25) is 0 Å². The second-order valence-electron chi connectivity index (χ2n) is 7.04. The minimum Gasteiger partial charge on any atom is -0.433 e. The standard InChI is InChI=1S/C23H22F2N2O2S/c24-23(25)29-19-11-16-30-21(19)22(28)27-14-12-26(13-15-27)20(17-7-3-1-4-8-17)18-9-5-2-6-10-18/h1-11,16,20,23H,12-15H2. The fourth-order valence-corrected chi connectivity index (χ4v) is 4.64. The number of hydrogen-bond acceptors (Lipinski definition) is 4. The number of nitrogens with zero attached hydrogens (tertiary/aromatic N) is 2. The molecule has 2 heterocycles. The molecule has 4 nitrogen and oxygen atoms in total. The highest BCUT2D eigenvalue weighted by atomic mass is 32.1. The second-order valence-corrected chi connectivity index (χ2v) is 7.96. The van der Waals surface area contributed by atoms with Gasteiger partial charge >= 0.3 is 6.61 Å². The molecule has 1 amide bonds. The van der Waals surface area contributed by atoms with Crippen molar-refractivity contribution >= 4 is 17.2 Å². The van der Waals surface area contributed by atoms with Crippen molar-refractivity contribution in [3.8, 4) is 5.75 Å². The number of halogens is 2. The van der Waals surface area contributed by atoms with Crippen LogP contribution in [0.4, 0.5) is 8.78 Å². The number of alkyl halides is 2. The minimum absolute atomic E-state index is 0.0473. The van der Waals surface area contributed by atoms with Gasteiger partial charge in [0.1, 0.15) is 10.6 Å². The number of rotatable bonds is 6. The molecule has 0 spiro atoms. The lowest BCUT2D eigenvalue weighted by molar-refractivity contribution is -0.0499. The summed E-state index contributed by atoms with van der Waals surface area (Å²) >= 11 is 1.13. The molecule has 1 saturated heterocycles. The Kier molecular flexibility index (Phi) is 6.40. The lowest BCUT2D eigenvalue weighted by Gasteiger charge is -2.39. The fourth-order valence-electron chi connectivity index (χ4n) is 3.85. The van der Waals surface area contributed by atoms with Crippen LogP contribution in [0, 0.1) is 0 Å². The lowest BCUT2D eigenvalue weighted by atomic mass is 9.96. The SMILES string of the molecule is O=C(c1sccc1OC(F)F)N1CCN(C(c2ccccc2)c2ccccc2)CC1. The van der Waals surface area contributed by atoms with Gasteiger partial charge < -0.3 is 9.64 Å². The summed E-state index contributed by atoms with van der Waals surface area (Å²) in [4.78, 5) is 17.2. The van der Waals surface area contributed by atoms with Crippen molar-refractivity contribution in [2.75, 3.05) is 26.2 Å². The molecule has 0 atom stereocenters. The van der Waals surface area contributed by atoms with Crippen LogP contribution in [0.5, 0.6) is 5.75 Å². The van der Waals surface area contributed by atoms with Gasteiger partial charge in [0.25, 0.3) is 5.91 Å². The number of carbonyl (C=O) groups excluding carboxylic acids is 1. The monoisotopic (exact) mass is 428 g/mol. The number of carbonyl (C=O) groups is 1. The van der Waals surface area contributed by atoms with Gasteiger partial charge in [-0.25, -0.2) is 0 Å². The Balaban J connectivity index is 1.49. The van der Waals surface area contributed by atoms with Crippen LogP contribution in [0.2, 0.25) is 0 Å². The third-order valence-electron chi connectivity index (χ3n) is 5.24. The summed E-state index contributed by atoms with van der Waals surface area (Å²) in [7, 11) is 0. The molecule has 1 aliphatic rings. The van der Waals surface area contributed by atoms with Gasteiger partial charge in [-0.1, -0.05) is 60.7 Å². The van der Waals surface area contributed by atoms with Crippen molar-refractivity contribution in [2.45, 2.75) is 12.7 Å². The van der Waals surface area contributed by atoms with Gasteiger partial charge in [-0.15, -0.1) is 11.3 Å². The number of ether oxygens (including phenoxy) is 1. The zero-order valence-electron chi connectivity index (χ0n) is 16.3. The largest absolute Gasteiger partial charge is 0.433 e. The van der Waals surface area contributed by atoms with Gasteiger partial charge in [-0.2, -0.15) is 8.78 Å². The molecule has 0 aliphatic carbocycles. The molecule has 0 saturated carbocycles. The van der Waals surface area contributed by atoms with Crippen LogP contribution in [0.15, 0.2) is 72.1 Å². The van der Waals surface area contributed by atoms with E-state index in [1.54, 1.807) is 10.3 Å². The fraction of sp³-hybridized carbons (Fsp3) is 0.261.